The number of rotatable bonds is 68. The van der Waals surface area contributed by atoms with Gasteiger partial charge in [0.25, 0.3) is 0 Å². The van der Waals surface area contributed by atoms with Crippen LogP contribution < -0.4 is 0 Å². The van der Waals surface area contributed by atoms with E-state index in [1.54, 1.807) is 0 Å². The van der Waals surface area contributed by atoms with Crippen LogP contribution >= 0.6 is 0 Å². The van der Waals surface area contributed by atoms with Crippen molar-refractivity contribution in [2.45, 2.75) is 399 Å². The maximum atomic E-state index is 13.0. The second kappa shape index (κ2) is 71.6. The number of carbonyl (C=O) groups is 3. The summed E-state index contributed by atoms with van der Waals surface area (Å²) in [6.07, 6.45) is 92.5. The van der Waals surface area contributed by atoms with Crippen molar-refractivity contribution in [3.63, 3.8) is 0 Å². The van der Waals surface area contributed by atoms with E-state index >= 15 is 0 Å². The Kier molecular flexibility index (Phi) is 69.1. The van der Waals surface area contributed by atoms with E-state index in [2.05, 4.69) is 81.5 Å². The lowest BCUT2D eigenvalue weighted by molar-refractivity contribution is -0.167. The van der Waals surface area contributed by atoms with Crippen LogP contribution in [0.15, 0.2) is 60.8 Å². The smallest absolute Gasteiger partial charge is 0.306 e. The number of hydrogen-bond acceptors (Lipinski definition) is 6. The van der Waals surface area contributed by atoms with Crippen LogP contribution in [0.5, 0.6) is 0 Å². The predicted octanol–water partition coefficient (Wildman–Crippen LogP) is 25.5. The highest BCUT2D eigenvalue weighted by Crippen LogP contribution is 2.18. The molecular weight excluding hydrogens is 1020 g/mol. The van der Waals surface area contributed by atoms with E-state index in [1.165, 1.54) is 257 Å². The summed E-state index contributed by atoms with van der Waals surface area (Å²) < 4.78 is 17.0. The summed E-state index contributed by atoms with van der Waals surface area (Å²) in [6, 6.07) is 0. The minimum atomic E-state index is -0.785. The van der Waals surface area contributed by atoms with Gasteiger partial charge in [-0.1, -0.05) is 345 Å². The van der Waals surface area contributed by atoms with Gasteiger partial charge in [0.05, 0.1) is 0 Å². The average Bonchev–Trinajstić information content (AvgIpc) is 3.49. The lowest BCUT2D eigenvalue weighted by Crippen LogP contribution is -2.30. The number of allylic oxidation sites excluding steroid dienone is 10. The van der Waals surface area contributed by atoms with Crippen LogP contribution in [0.4, 0.5) is 0 Å². The Labute approximate surface area is 517 Å². The van der Waals surface area contributed by atoms with E-state index in [1.807, 2.05) is 0 Å². The molecule has 0 heterocycles. The Morgan fingerprint density at radius 3 is 0.687 bits per heavy atom. The van der Waals surface area contributed by atoms with E-state index in [0.29, 0.717) is 19.3 Å². The fourth-order valence-electron chi connectivity index (χ4n) is 11.0. The zero-order valence-corrected chi connectivity index (χ0v) is 55.7. The number of carbonyl (C=O) groups excluding carboxylic acids is 3. The Morgan fingerprint density at radius 2 is 0.434 bits per heavy atom. The van der Waals surface area contributed by atoms with Crippen molar-refractivity contribution in [1.82, 2.24) is 0 Å². The Morgan fingerprint density at radius 1 is 0.241 bits per heavy atom. The minimum absolute atomic E-state index is 0.0782. The Bertz CT molecular complexity index is 1470. The second-order valence-electron chi connectivity index (χ2n) is 24.9. The largest absolute Gasteiger partial charge is 0.462 e. The normalized spacial score (nSPS) is 12.4. The van der Waals surface area contributed by atoms with E-state index in [0.717, 1.165) is 96.3 Å². The van der Waals surface area contributed by atoms with Gasteiger partial charge in [-0.05, 0) is 89.9 Å². The molecule has 1 atom stereocenters. The first kappa shape index (κ1) is 80.1. The summed E-state index contributed by atoms with van der Waals surface area (Å²) in [5.74, 6) is -0.875. The molecule has 6 heteroatoms. The topological polar surface area (TPSA) is 78.9 Å². The van der Waals surface area contributed by atoms with Crippen molar-refractivity contribution in [1.29, 1.82) is 0 Å². The van der Waals surface area contributed by atoms with Gasteiger partial charge in [-0.2, -0.15) is 0 Å². The summed E-state index contributed by atoms with van der Waals surface area (Å²) in [5, 5.41) is 0. The number of hydrogen-bond donors (Lipinski definition) is 0. The van der Waals surface area contributed by atoms with Gasteiger partial charge in [-0.3, -0.25) is 14.4 Å². The van der Waals surface area contributed by atoms with Crippen LogP contribution in [0.3, 0.4) is 0 Å². The van der Waals surface area contributed by atoms with Crippen molar-refractivity contribution >= 4 is 17.9 Å². The highest BCUT2D eigenvalue weighted by Gasteiger charge is 2.19. The fraction of sp³-hybridized carbons (Fsp3) is 0.831. The molecule has 0 amide bonds. The van der Waals surface area contributed by atoms with Gasteiger partial charge in [0.2, 0.25) is 0 Å². The van der Waals surface area contributed by atoms with E-state index < -0.39 is 6.10 Å². The summed E-state index contributed by atoms with van der Waals surface area (Å²) in [6.45, 7) is 6.66. The van der Waals surface area contributed by atoms with Crippen molar-refractivity contribution < 1.29 is 28.6 Å². The van der Waals surface area contributed by atoms with Gasteiger partial charge in [-0.25, -0.2) is 0 Å². The van der Waals surface area contributed by atoms with Gasteiger partial charge in [-0.15, -0.1) is 0 Å². The van der Waals surface area contributed by atoms with Crippen LogP contribution in [0, 0.1) is 0 Å². The van der Waals surface area contributed by atoms with Crippen LogP contribution in [-0.2, 0) is 28.6 Å². The third kappa shape index (κ3) is 69.8. The van der Waals surface area contributed by atoms with Gasteiger partial charge >= 0.3 is 17.9 Å². The van der Waals surface area contributed by atoms with Gasteiger partial charge in [0, 0.05) is 19.3 Å². The molecule has 0 N–H and O–H groups in total. The fourth-order valence-corrected chi connectivity index (χ4v) is 11.0. The lowest BCUT2D eigenvalue weighted by Gasteiger charge is -2.18. The molecule has 0 saturated carbocycles. The van der Waals surface area contributed by atoms with Crippen molar-refractivity contribution in [3.8, 4) is 0 Å². The van der Waals surface area contributed by atoms with Crippen molar-refractivity contribution in [2.24, 2.45) is 0 Å². The van der Waals surface area contributed by atoms with Gasteiger partial charge in [0.1, 0.15) is 13.2 Å². The molecule has 0 aliphatic heterocycles. The number of unbranched alkanes of at least 4 members (excludes halogenated alkanes) is 47. The third-order valence-corrected chi connectivity index (χ3v) is 16.5. The van der Waals surface area contributed by atoms with E-state index in [9.17, 15) is 14.4 Å². The molecule has 0 saturated heterocycles. The standard InChI is InChI=1S/C77H140O6/c1-4-7-10-13-16-19-22-25-28-31-33-35-37-38-39-41-42-44-46-49-52-55-58-61-64-67-70-76(79)82-73-74(72-81-75(78)69-66-63-60-57-54-51-48-30-27-24-21-18-15-12-9-6-3)83-77(80)71-68-65-62-59-56-53-50-47-45-43-40-36-34-32-29-26-23-20-17-14-11-8-5-2/h21,23-24,26,30,32,34,40,43,48,74H,4-20,22,25,27-29,31,33,35-39,41-42,44-47,49-73H2,1-3H3/b24-21-,26-23-,34-32-,43-40-,48-30-. The first-order valence-electron chi connectivity index (χ1n) is 36.8. The summed E-state index contributed by atoms with van der Waals surface area (Å²) in [4.78, 5) is 38.5. The van der Waals surface area contributed by atoms with Crippen LogP contribution in [0.2, 0.25) is 0 Å². The second-order valence-corrected chi connectivity index (χ2v) is 24.9. The third-order valence-electron chi connectivity index (χ3n) is 16.5. The molecule has 83 heavy (non-hydrogen) atoms. The van der Waals surface area contributed by atoms with Crippen molar-refractivity contribution in [3.05, 3.63) is 60.8 Å². The molecule has 0 radical (unpaired) electrons. The molecule has 0 aromatic heterocycles. The van der Waals surface area contributed by atoms with E-state index in [-0.39, 0.29) is 31.1 Å². The molecule has 0 aliphatic carbocycles. The Hall–Kier alpha value is -2.89. The molecule has 0 fully saturated rings. The summed E-state index contributed by atoms with van der Waals surface area (Å²) in [7, 11) is 0. The molecule has 1 unspecified atom stereocenters. The molecule has 6 nitrogen and oxygen atoms in total. The quantitative estimate of drug-likeness (QED) is 0.0261. The minimum Gasteiger partial charge on any atom is -0.462 e. The molecule has 0 spiro atoms. The zero-order valence-electron chi connectivity index (χ0n) is 55.7. The molecule has 484 valence electrons. The molecular formula is C77H140O6. The van der Waals surface area contributed by atoms with Crippen LogP contribution in [0.1, 0.15) is 393 Å². The molecule has 0 aliphatic rings. The zero-order chi connectivity index (χ0) is 59.9. The predicted molar refractivity (Wildman–Crippen MR) is 362 cm³/mol. The average molecular weight is 1160 g/mol. The SMILES string of the molecule is CCCCCC/C=C\C/C=C\CCCCCCCC(=O)OCC(COC(=O)CCCCCCCCCCCCCCCCCCCCCCCCCCCC)OC(=O)CCCCCCCCCC/C=C\C/C=C\C/C=C\CCCCCCC. The summed E-state index contributed by atoms with van der Waals surface area (Å²) in [5.41, 5.74) is 0. The maximum Gasteiger partial charge on any atom is 0.306 e. The Balaban J connectivity index is 4.31. The van der Waals surface area contributed by atoms with Gasteiger partial charge < -0.3 is 14.2 Å². The summed E-state index contributed by atoms with van der Waals surface area (Å²) >= 11 is 0. The highest BCUT2D eigenvalue weighted by atomic mass is 16.6. The number of ether oxygens (including phenoxy) is 3. The van der Waals surface area contributed by atoms with Crippen LogP contribution in [0.25, 0.3) is 0 Å². The molecule has 0 rings (SSSR count). The maximum absolute atomic E-state index is 13.0. The highest BCUT2D eigenvalue weighted by molar-refractivity contribution is 5.71. The lowest BCUT2D eigenvalue weighted by atomic mass is 10.0. The first-order chi connectivity index (χ1) is 41.0. The van der Waals surface area contributed by atoms with Gasteiger partial charge in [0.15, 0.2) is 6.10 Å². The van der Waals surface area contributed by atoms with Crippen molar-refractivity contribution in [2.75, 3.05) is 13.2 Å². The monoisotopic (exact) mass is 1160 g/mol. The molecule has 0 aromatic rings. The number of esters is 3. The first-order valence-corrected chi connectivity index (χ1v) is 36.8. The molecule has 0 aromatic carbocycles. The van der Waals surface area contributed by atoms with E-state index in [4.69, 9.17) is 14.2 Å². The molecule has 0 bridgehead atoms. The van der Waals surface area contributed by atoms with Crippen LogP contribution in [-0.4, -0.2) is 37.2 Å².